The Morgan fingerprint density at radius 1 is 1.50 bits per heavy atom. The number of hydrogen-bond donors (Lipinski definition) is 1. The zero-order valence-corrected chi connectivity index (χ0v) is 8.39. The molecule has 72 valence electrons. The third-order valence-electron chi connectivity index (χ3n) is 1.88. The molecule has 12 heavy (non-hydrogen) atoms. The molecular formula is C9H19NO2. The molecule has 0 saturated heterocycles. The lowest BCUT2D eigenvalue weighted by Crippen LogP contribution is -2.45. The normalized spacial score (nSPS) is 14.1. The highest BCUT2D eigenvalue weighted by Gasteiger charge is 2.31. The molecule has 0 amide bonds. The predicted molar refractivity (Wildman–Crippen MR) is 48.7 cm³/mol. The molecule has 2 N–H and O–H groups in total. The summed E-state index contributed by atoms with van der Waals surface area (Å²) in [7, 11) is 0. The van der Waals surface area contributed by atoms with Crippen molar-refractivity contribution in [1.82, 2.24) is 0 Å². The third kappa shape index (κ3) is 3.22. The maximum absolute atomic E-state index is 11.3. The van der Waals surface area contributed by atoms with Gasteiger partial charge in [0.15, 0.2) is 0 Å². The lowest BCUT2D eigenvalue weighted by Gasteiger charge is -2.27. The molecule has 3 nitrogen and oxygen atoms in total. The van der Waals surface area contributed by atoms with E-state index in [9.17, 15) is 4.79 Å². The predicted octanol–water partition coefficient (Wildman–Crippen LogP) is 1.31. The standard InChI is InChI=1S/C9H19NO2/c1-5-7(9(3,4)10)8(11)12-6-2/h7H,5-6,10H2,1-4H3. The zero-order chi connectivity index (χ0) is 9.78. The minimum absolute atomic E-state index is 0.187. The molecule has 0 aliphatic carbocycles. The summed E-state index contributed by atoms with van der Waals surface area (Å²) in [6.45, 7) is 7.85. The first-order valence-corrected chi connectivity index (χ1v) is 4.39. The van der Waals surface area contributed by atoms with Crippen LogP contribution in [-0.2, 0) is 9.53 Å². The van der Waals surface area contributed by atoms with Crippen LogP contribution < -0.4 is 5.73 Å². The van der Waals surface area contributed by atoms with Crippen molar-refractivity contribution in [2.75, 3.05) is 6.61 Å². The molecule has 0 radical (unpaired) electrons. The number of ether oxygens (including phenoxy) is 1. The third-order valence-corrected chi connectivity index (χ3v) is 1.88. The Balaban J connectivity index is 4.25. The average molecular weight is 173 g/mol. The van der Waals surface area contributed by atoms with Gasteiger partial charge in [-0.3, -0.25) is 4.79 Å². The summed E-state index contributed by atoms with van der Waals surface area (Å²) in [5.74, 6) is -0.384. The van der Waals surface area contributed by atoms with E-state index < -0.39 is 5.54 Å². The Kier molecular flexibility index (Phi) is 4.24. The second kappa shape index (κ2) is 4.45. The van der Waals surface area contributed by atoms with Crippen LogP contribution in [0, 0.1) is 5.92 Å². The molecule has 0 saturated carbocycles. The number of carbonyl (C=O) groups is 1. The van der Waals surface area contributed by atoms with Gasteiger partial charge in [0, 0.05) is 5.54 Å². The number of hydrogen-bond acceptors (Lipinski definition) is 3. The van der Waals surface area contributed by atoms with Gasteiger partial charge in [-0.15, -0.1) is 0 Å². The fourth-order valence-corrected chi connectivity index (χ4v) is 1.24. The largest absolute Gasteiger partial charge is 0.466 e. The molecule has 1 unspecified atom stereocenters. The van der Waals surface area contributed by atoms with Crippen molar-refractivity contribution in [2.24, 2.45) is 11.7 Å². The van der Waals surface area contributed by atoms with Crippen molar-refractivity contribution in [3.63, 3.8) is 0 Å². The molecule has 0 aromatic carbocycles. The van der Waals surface area contributed by atoms with Gasteiger partial charge < -0.3 is 10.5 Å². The van der Waals surface area contributed by atoms with Crippen LogP contribution >= 0.6 is 0 Å². The van der Waals surface area contributed by atoms with Gasteiger partial charge in [0.2, 0.25) is 0 Å². The zero-order valence-electron chi connectivity index (χ0n) is 8.39. The molecule has 0 aromatic rings. The highest BCUT2D eigenvalue weighted by atomic mass is 16.5. The van der Waals surface area contributed by atoms with E-state index in [0.29, 0.717) is 6.61 Å². The van der Waals surface area contributed by atoms with Crippen molar-refractivity contribution in [3.05, 3.63) is 0 Å². The van der Waals surface area contributed by atoms with Crippen LogP contribution in [0.15, 0.2) is 0 Å². The van der Waals surface area contributed by atoms with Gasteiger partial charge >= 0.3 is 5.97 Å². The van der Waals surface area contributed by atoms with Gasteiger partial charge in [0.05, 0.1) is 12.5 Å². The van der Waals surface area contributed by atoms with E-state index in [2.05, 4.69) is 0 Å². The monoisotopic (exact) mass is 173 g/mol. The number of esters is 1. The molecule has 0 spiro atoms. The average Bonchev–Trinajstić information content (AvgIpc) is 1.85. The maximum atomic E-state index is 11.3. The Morgan fingerprint density at radius 3 is 2.25 bits per heavy atom. The van der Waals surface area contributed by atoms with Crippen LogP contribution in [0.25, 0.3) is 0 Å². The number of rotatable bonds is 4. The lowest BCUT2D eigenvalue weighted by atomic mass is 9.86. The minimum atomic E-state index is -0.485. The van der Waals surface area contributed by atoms with Crippen molar-refractivity contribution < 1.29 is 9.53 Å². The Bertz CT molecular complexity index is 149. The van der Waals surface area contributed by atoms with E-state index in [-0.39, 0.29) is 11.9 Å². The van der Waals surface area contributed by atoms with Gasteiger partial charge in [-0.25, -0.2) is 0 Å². The fraction of sp³-hybridized carbons (Fsp3) is 0.889. The molecule has 1 atom stereocenters. The molecule has 3 heteroatoms. The minimum Gasteiger partial charge on any atom is -0.466 e. The summed E-state index contributed by atoms with van der Waals surface area (Å²) in [6.07, 6.45) is 0.725. The van der Waals surface area contributed by atoms with Crippen molar-refractivity contribution >= 4 is 5.97 Å². The van der Waals surface area contributed by atoms with Crippen LogP contribution in [-0.4, -0.2) is 18.1 Å². The molecule has 0 fully saturated rings. The summed E-state index contributed by atoms with van der Waals surface area (Å²) in [5.41, 5.74) is 5.34. The van der Waals surface area contributed by atoms with Crippen LogP contribution in [0.3, 0.4) is 0 Å². The van der Waals surface area contributed by atoms with Crippen molar-refractivity contribution in [2.45, 2.75) is 39.7 Å². The molecule has 0 aromatic heterocycles. The van der Waals surface area contributed by atoms with Gasteiger partial charge in [0.25, 0.3) is 0 Å². The first-order chi connectivity index (χ1) is 5.43. The number of nitrogens with two attached hydrogens (primary N) is 1. The molecule has 0 rings (SSSR count). The highest BCUT2D eigenvalue weighted by Crippen LogP contribution is 2.18. The van der Waals surface area contributed by atoms with Crippen LogP contribution in [0.5, 0.6) is 0 Å². The Morgan fingerprint density at radius 2 is 2.00 bits per heavy atom. The quantitative estimate of drug-likeness (QED) is 0.652. The molecular weight excluding hydrogens is 154 g/mol. The topological polar surface area (TPSA) is 52.3 Å². The Hall–Kier alpha value is -0.570. The molecule has 0 heterocycles. The lowest BCUT2D eigenvalue weighted by molar-refractivity contribution is -0.150. The Labute approximate surface area is 74.3 Å². The number of carbonyl (C=O) groups excluding carboxylic acids is 1. The van der Waals surface area contributed by atoms with Gasteiger partial charge in [0.1, 0.15) is 0 Å². The maximum Gasteiger partial charge on any atom is 0.310 e. The summed E-state index contributed by atoms with van der Waals surface area (Å²) in [6, 6.07) is 0. The van der Waals surface area contributed by atoms with Gasteiger partial charge in [-0.1, -0.05) is 6.92 Å². The second-order valence-electron chi connectivity index (χ2n) is 3.53. The molecule has 0 aliphatic heterocycles. The van der Waals surface area contributed by atoms with Crippen molar-refractivity contribution in [1.29, 1.82) is 0 Å². The van der Waals surface area contributed by atoms with Crippen LogP contribution in [0.4, 0.5) is 0 Å². The fourth-order valence-electron chi connectivity index (χ4n) is 1.24. The van der Waals surface area contributed by atoms with Crippen LogP contribution in [0.1, 0.15) is 34.1 Å². The first-order valence-electron chi connectivity index (χ1n) is 4.39. The summed E-state index contributed by atoms with van der Waals surface area (Å²) < 4.78 is 4.90. The highest BCUT2D eigenvalue weighted by molar-refractivity contribution is 5.73. The van der Waals surface area contributed by atoms with E-state index in [1.807, 2.05) is 20.8 Å². The summed E-state index contributed by atoms with van der Waals surface area (Å²) in [5, 5.41) is 0. The van der Waals surface area contributed by atoms with E-state index in [1.165, 1.54) is 0 Å². The first kappa shape index (κ1) is 11.4. The second-order valence-corrected chi connectivity index (χ2v) is 3.53. The van der Waals surface area contributed by atoms with E-state index in [1.54, 1.807) is 6.92 Å². The molecule has 0 bridgehead atoms. The smallest absolute Gasteiger partial charge is 0.310 e. The van der Waals surface area contributed by atoms with E-state index >= 15 is 0 Å². The van der Waals surface area contributed by atoms with Gasteiger partial charge in [-0.2, -0.15) is 0 Å². The summed E-state index contributed by atoms with van der Waals surface area (Å²) >= 11 is 0. The van der Waals surface area contributed by atoms with E-state index in [4.69, 9.17) is 10.5 Å². The van der Waals surface area contributed by atoms with Crippen molar-refractivity contribution in [3.8, 4) is 0 Å². The summed E-state index contributed by atoms with van der Waals surface area (Å²) in [4.78, 5) is 11.3. The van der Waals surface area contributed by atoms with Crippen LogP contribution in [0.2, 0.25) is 0 Å². The molecule has 0 aliphatic rings. The SMILES string of the molecule is CCOC(=O)C(CC)C(C)(C)N. The van der Waals surface area contributed by atoms with Gasteiger partial charge in [-0.05, 0) is 27.2 Å². The van der Waals surface area contributed by atoms with E-state index in [0.717, 1.165) is 6.42 Å².